The topological polar surface area (TPSA) is 112 Å². The number of nitriles is 1. The Kier molecular flexibility index (Phi) is 5.65. The first kappa shape index (κ1) is 15.6. The molecule has 0 fully saturated rings. The Hall–Kier alpha value is -2.43. The van der Waals surface area contributed by atoms with E-state index in [4.69, 9.17) is 10.4 Å². The zero-order valence-electron chi connectivity index (χ0n) is 11.5. The maximum Gasteiger partial charge on any atom is 0.325 e. The van der Waals surface area contributed by atoms with Crippen LogP contribution in [0.2, 0.25) is 0 Å². The molecule has 1 aromatic heterocycles. The highest BCUT2D eigenvalue weighted by Crippen LogP contribution is 2.06. The molecular formula is C12H17N5O3. The predicted molar refractivity (Wildman–Crippen MR) is 68.6 cm³/mol. The van der Waals surface area contributed by atoms with Crippen molar-refractivity contribution in [3.05, 3.63) is 11.9 Å². The van der Waals surface area contributed by atoms with Gasteiger partial charge in [0.25, 0.3) is 5.91 Å². The Balaban J connectivity index is 2.80. The van der Waals surface area contributed by atoms with Gasteiger partial charge in [0.2, 0.25) is 0 Å². The molecule has 0 saturated carbocycles. The van der Waals surface area contributed by atoms with Gasteiger partial charge in [-0.05, 0) is 5.92 Å². The van der Waals surface area contributed by atoms with Gasteiger partial charge in [0.05, 0.1) is 18.7 Å². The Morgan fingerprint density at radius 1 is 1.55 bits per heavy atom. The lowest BCUT2D eigenvalue weighted by Crippen LogP contribution is -2.35. The lowest BCUT2D eigenvalue weighted by atomic mass is 10.2. The number of carbonyl (C=O) groups excluding carboxylic acids is 1. The van der Waals surface area contributed by atoms with Crippen molar-refractivity contribution in [3.8, 4) is 6.07 Å². The molecule has 0 aromatic carbocycles. The Labute approximate surface area is 116 Å². The number of amides is 1. The fourth-order valence-corrected chi connectivity index (χ4v) is 1.68. The van der Waals surface area contributed by atoms with Gasteiger partial charge in [-0.2, -0.15) is 5.26 Å². The van der Waals surface area contributed by atoms with E-state index in [1.54, 1.807) is 0 Å². The molecule has 1 heterocycles. The van der Waals surface area contributed by atoms with E-state index in [0.29, 0.717) is 13.1 Å². The van der Waals surface area contributed by atoms with Crippen molar-refractivity contribution >= 4 is 11.9 Å². The zero-order valence-corrected chi connectivity index (χ0v) is 11.5. The number of carbonyl (C=O) groups is 2. The second-order valence-electron chi connectivity index (χ2n) is 4.75. The molecule has 0 radical (unpaired) electrons. The quantitative estimate of drug-likeness (QED) is 0.771. The maximum absolute atomic E-state index is 12.2. The molecule has 20 heavy (non-hydrogen) atoms. The highest BCUT2D eigenvalue weighted by atomic mass is 16.4. The Morgan fingerprint density at radius 2 is 2.25 bits per heavy atom. The maximum atomic E-state index is 12.2. The molecule has 8 nitrogen and oxygen atoms in total. The van der Waals surface area contributed by atoms with E-state index in [2.05, 4.69) is 10.3 Å². The van der Waals surface area contributed by atoms with E-state index in [1.807, 2.05) is 19.9 Å². The summed E-state index contributed by atoms with van der Waals surface area (Å²) in [5.41, 5.74) is 0.0878. The van der Waals surface area contributed by atoms with Gasteiger partial charge in [0.1, 0.15) is 6.54 Å². The summed E-state index contributed by atoms with van der Waals surface area (Å²) < 4.78 is 1.09. The first-order valence-corrected chi connectivity index (χ1v) is 6.22. The van der Waals surface area contributed by atoms with Crippen LogP contribution < -0.4 is 0 Å². The molecular weight excluding hydrogens is 262 g/mol. The van der Waals surface area contributed by atoms with Gasteiger partial charge >= 0.3 is 5.97 Å². The van der Waals surface area contributed by atoms with Gasteiger partial charge in [0, 0.05) is 13.1 Å². The summed E-state index contributed by atoms with van der Waals surface area (Å²) in [4.78, 5) is 24.3. The zero-order chi connectivity index (χ0) is 15.1. The molecule has 8 heteroatoms. The molecule has 0 aliphatic heterocycles. The number of carboxylic acid groups (broad SMARTS) is 1. The molecule has 0 aliphatic carbocycles. The van der Waals surface area contributed by atoms with Crippen molar-refractivity contribution in [1.29, 1.82) is 5.26 Å². The number of rotatable bonds is 7. The molecule has 0 spiro atoms. The van der Waals surface area contributed by atoms with Crippen molar-refractivity contribution in [1.82, 2.24) is 19.9 Å². The molecule has 1 amide bonds. The van der Waals surface area contributed by atoms with Gasteiger partial charge in [-0.1, -0.05) is 19.1 Å². The Bertz CT molecular complexity index is 517. The van der Waals surface area contributed by atoms with Crippen LogP contribution in [0.3, 0.4) is 0 Å². The molecule has 1 rings (SSSR count). The monoisotopic (exact) mass is 279 g/mol. The van der Waals surface area contributed by atoms with E-state index in [1.165, 1.54) is 11.1 Å². The predicted octanol–water partition coefficient (Wildman–Crippen LogP) is 0.375. The van der Waals surface area contributed by atoms with Crippen LogP contribution in [0, 0.1) is 17.2 Å². The molecule has 0 bridgehead atoms. The molecule has 0 unspecified atom stereocenters. The van der Waals surface area contributed by atoms with E-state index >= 15 is 0 Å². The molecule has 0 atom stereocenters. The van der Waals surface area contributed by atoms with Crippen LogP contribution >= 0.6 is 0 Å². The number of hydrogen-bond donors (Lipinski definition) is 1. The van der Waals surface area contributed by atoms with Crippen LogP contribution in [0.15, 0.2) is 6.20 Å². The third-order valence-electron chi connectivity index (χ3n) is 2.42. The fraction of sp³-hybridized carbons (Fsp3) is 0.583. The second-order valence-corrected chi connectivity index (χ2v) is 4.75. The van der Waals surface area contributed by atoms with Crippen molar-refractivity contribution < 1.29 is 14.7 Å². The fourth-order valence-electron chi connectivity index (χ4n) is 1.68. The largest absolute Gasteiger partial charge is 0.480 e. The van der Waals surface area contributed by atoms with Crippen molar-refractivity contribution in [2.75, 3.05) is 13.1 Å². The molecule has 1 aromatic rings. The number of aromatic nitrogens is 3. The van der Waals surface area contributed by atoms with Gasteiger partial charge in [0.15, 0.2) is 5.69 Å². The summed E-state index contributed by atoms with van der Waals surface area (Å²) in [5.74, 6) is -1.14. The number of hydrogen-bond acceptors (Lipinski definition) is 5. The van der Waals surface area contributed by atoms with E-state index in [9.17, 15) is 9.59 Å². The Morgan fingerprint density at radius 3 is 2.80 bits per heavy atom. The molecule has 0 saturated heterocycles. The second kappa shape index (κ2) is 7.23. The minimum absolute atomic E-state index is 0.0878. The van der Waals surface area contributed by atoms with E-state index in [0.717, 1.165) is 4.68 Å². The standard InChI is InChI=1S/C12H17N5O3/c1-9(2)6-16(5-3-4-13)12(20)10-7-17(15-14-10)8-11(18)19/h7,9H,3,5-6,8H2,1-2H3,(H,18,19). The number of carboxylic acids is 1. The van der Waals surface area contributed by atoms with Crippen molar-refractivity contribution in [2.45, 2.75) is 26.8 Å². The van der Waals surface area contributed by atoms with Crippen LogP contribution in [0.5, 0.6) is 0 Å². The summed E-state index contributed by atoms with van der Waals surface area (Å²) in [7, 11) is 0. The molecule has 1 N–H and O–H groups in total. The van der Waals surface area contributed by atoms with Crippen LogP contribution in [0.4, 0.5) is 0 Å². The molecule has 0 aliphatic rings. The van der Waals surface area contributed by atoms with Crippen molar-refractivity contribution in [2.24, 2.45) is 5.92 Å². The van der Waals surface area contributed by atoms with Crippen LogP contribution in [-0.2, 0) is 11.3 Å². The lowest BCUT2D eigenvalue weighted by molar-refractivity contribution is -0.137. The van der Waals surface area contributed by atoms with Crippen LogP contribution in [0.25, 0.3) is 0 Å². The summed E-state index contributed by atoms with van der Waals surface area (Å²) in [5, 5.41) is 24.5. The van der Waals surface area contributed by atoms with Gasteiger partial charge in [-0.15, -0.1) is 5.10 Å². The highest BCUT2D eigenvalue weighted by Gasteiger charge is 2.20. The van der Waals surface area contributed by atoms with Gasteiger partial charge < -0.3 is 10.0 Å². The normalized spacial score (nSPS) is 10.3. The van der Waals surface area contributed by atoms with Crippen LogP contribution in [0.1, 0.15) is 30.8 Å². The van der Waals surface area contributed by atoms with Gasteiger partial charge in [-0.25, -0.2) is 4.68 Å². The first-order chi connectivity index (χ1) is 9.43. The minimum atomic E-state index is -1.06. The van der Waals surface area contributed by atoms with E-state index < -0.39 is 5.97 Å². The van der Waals surface area contributed by atoms with Crippen molar-refractivity contribution in [3.63, 3.8) is 0 Å². The average molecular weight is 279 g/mol. The number of nitrogens with zero attached hydrogens (tertiary/aromatic N) is 5. The SMILES string of the molecule is CC(C)CN(CCC#N)C(=O)c1cn(CC(=O)O)nn1. The third kappa shape index (κ3) is 4.68. The summed E-state index contributed by atoms with van der Waals surface area (Å²) >= 11 is 0. The summed E-state index contributed by atoms with van der Waals surface area (Å²) in [6.45, 7) is 4.41. The van der Waals surface area contributed by atoms with E-state index in [-0.39, 0.29) is 30.5 Å². The lowest BCUT2D eigenvalue weighted by Gasteiger charge is -2.22. The smallest absolute Gasteiger partial charge is 0.325 e. The minimum Gasteiger partial charge on any atom is -0.480 e. The first-order valence-electron chi connectivity index (χ1n) is 6.22. The summed E-state index contributed by atoms with van der Waals surface area (Å²) in [6, 6.07) is 2.00. The summed E-state index contributed by atoms with van der Waals surface area (Å²) in [6.07, 6.45) is 1.54. The van der Waals surface area contributed by atoms with Crippen LogP contribution in [-0.4, -0.2) is 50.0 Å². The highest BCUT2D eigenvalue weighted by molar-refractivity contribution is 5.92. The van der Waals surface area contributed by atoms with Gasteiger partial charge in [-0.3, -0.25) is 9.59 Å². The number of aliphatic carboxylic acids is 1. The third-order valence-corrected chi connectivity index (χ3v) is 2.42. The average Bonchev–Trinajstić information content (AvgIpc) is 2.80. The molecule has 108 valence electrons.